The predicted molar refractivity (Wildman–Crippen MR) is 168 cm³/mol. The largest absolute Gasteiger partial charge is 0.343 e. The van der Waals surface area contributed by atoms with Crippen LogP contribution in [0.25, 0.3) is 0 Å². The molecular weight excluding hydrogens is 605 g/mol. The van der Waals surface area contributed by atoms with Crippen molar-refractivity contribution in [3.05, 3.63) is 106 Å². The molecule has 3 aromatic rings. The normalized spacial score (nSPS) is 18.7. The van der Waals surface area contributed by atoms with Gasteiger partial charge in [-0.25, -0.2) is 17.5 Å². The third kappa shape index (κ3) is 8.22. The highest BCUT2D eigenvalue weighted by Crippen LogP contribution is 2.25. The maximum Gasteiger partial charge on any atom is 0.245 e. The average molecular weight is 642 g/mol. The first-order valence-corrected chi connectivity index (χ1v) is 16.9. The van der Waals surface area contributed by atoms with Gasteiger partial charge in [-0.1, -0.05) is 66.2 Å². The summed E-state index contributed by atoms with van der Waals surface area (Å²) in [4.78, 5) is 31.1. The summed E-state index contributed by atoms with van der Waals surface area (Å²) in [5.41, 5.74) is 3.51. The van der Waals surface area contributed by atoms with Gasteiger partial charge in [0.25, 0.3) is 0 Å². The van der Waals surface area contributed by atoms with Gasteiger partial charge in [0.2, 0.25) is 21.8 Å². The van der Waals surface area contributed by atoms with E-state index in [1.807, 2.05) is 41.3 Å². The molecule has 5 rings (SSSR count). The Balaban J connectivity index is 1.29. The van der Waals surface area contributed by atoms with Gasteiger partial charge >= 0.3 is 0 Å². The van der Waals surface area contributed by atoms with Crippen LogP contribution in [0.1, 0.15) is 28.3 Å². The van der Waals surface area contributed by atoms with Gasteiger partial charge in [0.15, 0.2) is 0 Å². The first kappa shape index (κ1) is 32.1. The Labute approximate surface area is 262 Å². The molecule has 3 atom stereocenters. The number of benzene rings is 3. The van der Waals surface area contributed by atoms with Crippen molar-refractivity contribution in [3.63, 3.8) is 0 Å². The third-order valence-corrected chi connectivity index (χ3v) is 9.18. The van der Waals surface area contributed by atoms with Crippen molar-refractivity contribution >= 4 is 33.4 Å². The van der Waals surface area contributed by atoms with E-state index in [1.54, 1.807) is 35.2 Å². The van der Waals surface area contributed by atoms with E-state index in [9.17, 15) is 22.4 Å². The van der Waals surface area contributed by atoms with Gasteiger partial charge in [-0.2, -0.15) is 0 Å². The number of hydrogen-bond donors (Lipinski definition) is 3. The Kier molecular flexibility index (Phi) is 10.3. The molecule has 0 radical (unpaired) electrons. The molecule has 44 heavy (non-hydrogen) atoms. The Morgan fingerprint density at radius 3 is 2.32 bits per heavy atom. The van der Waals surface area contributed by atoms with Crippen molar-refractivity contribution in [1.29, 1.82) is 0 Å². The second-order valence-electron chi connectivity index (χ2n) is 11.3. The highest BCUT2D eigenvalue weighted by atomic mass is 35.5. The van der Waals surface area contributed by atoms with Crippen molar-refractivity contribution in [2.75, 3.05) is 39.0 Å². The van der Waals surface area contributed by atoms with Crippen LogP contribution in [0.5, 0.6) is 0 Å². The minimum absolute atomic E-state index is 0.000475. The molecule has 1 saturated heterocycles. The molecule has 234 valence electrons. The molecule has 0 bridgehead atoms. The quantitative estimate of drug-likeness (QED) is 0.314. The van der Waals surface area contributed by atoms with Gasteiger partial charge in [0.1, 0.15) is 11.9 Å². The van der Waals surface area contributed by atoms with Crippen molar-refractivity contribution < 1.29 is 22.4 Å². The van der Waals surface area contributed by atoms with E-state index in [2.05, 4.69) is 15.4 Å². The summed E-state index contributed by atoms with van der Waals surface area (Å²) in [6, 6.07) is 19.7. The Bertz CT molecular complexity index is 1580. The fourth-order valence-corrected chi connectivity index (χ4v) is 6.44. The molecule has 3 N–H and O–H groups in total. The molecule has 0 spiro atoms. The molecule has 2 aliphatic heterocycles. The smallest absolute Gasteiger partial charge is 0.245 e. The Morgan fingerprint density at radius 1 is 0.977 bits per heavy atom. The maximum absolute atomic E-state index is 14.8. The van der Waals surface area contributed by atoms with Gasteiger partial charge < -0.3 is 15.5 Å². The number of sulfonamides is 1. The number of rotatable bonds is 10. The summed E-state index contributed by atoms with van der Waals surface area (Å²) in [7, 11) is -3.50. The summed E-state index contributed by atoms with van der Waals surface area (Å²) < 4.78 is 41.0. The average Bonchev–Trinajstić information content (AvgIpc) is 3.02. The molecule has 2 aliphatic rings. The molecule has 0 saturated carbocycles. The molecule has 1 fully saturated rings. The van der Waals surface area contributed by atoms with Crippen molar-refractivity contribution in [3.8, 4) is 0 Å². The lowest BCUT2D eigenvalue weighted by molar-refractivity contribution is -0.138. The fraction of sp³-hybridized carbons (Fsp3) is 0.375. The second kappa shape index (κ2) is 14.2. The van der Waals surface area contributed by atoms with Crippen LogP contribution in [-0.4, -0.2) is 81.1 Å². The minimum Gasteiger partial charge on any atom is -0.343 e. The number of fused-ring (bicyclic) bond motifs is 1. The van der Waals surface area contributed by atoms with E-state index in [0.717, 1.165) is 22.9 Å². The number of hydrogen-bond acceptors (Lipinski definition) is 6. The van der Waals surface area contributed by atoms with E-state index in [1.165, 1.54) is 6.07 Å². The standard InChI is InChI=1S/C32H37ClFN5O4S/c1-44(42,43)36-21-30(26-8-4-5-9-27(26)34)38-14-16-39(17-15-38)32(41)29(18-22-10-12-25(33)13-11-22)37-31(40)28-19-23-6-2-3-7-24(23)20-35-28/h2-13,28-30,35-36H,14-21H2,1H3,(H,37,40). The Morgan fingerprint density at radius 2 is 1.64 bits per heavy atom. The molecule has 12 heteroatoms. The summed E-state index contributed by atoms with van der Waals surface area (Å²) in [6.45, 7) is 2.05. The zero-order valence-corrected chi connectivity index (χ0v) is 26.1. The van der Waals surface area contributed by atoms with Crippen molar-refractivity contribution in [2.24, 2.45) is 0 Å². The lowest BCUT2D eigenvalue weighted by atomic mass is 9.95. The molecule has 2 amide bonds. The van der Waals surface area contributed by atoms with Gasteiger partial charge in [-0.15, -0.1) is 0 Å². The van der Waals surface area contributed by atoms with Gasteiger partial charge in [-0.05, 0) is 41.3 Å². The zero-order valence-electron chi connectivity index (χ0n) is 24.5. The zero-order chi connectivity index (χ0) is 31.3. The number of nitrogens with one attached hydrogen (secondary N) is 3. The molecule has 2 heterocycles. The Hall–Kier alpha value is -3.35. The van der Waals surface area contributed by atoms with Crippen molar-refractivity contribution in [1.82, 2.24) is 25.2 Å². The molecule has 3 unspecified atom stereocenters. The van der Waals surface area contributed by atoms with Crippen LogP contribution >= 0.6 is 11.6 Å². The van der Waals surface area contributed by atoms with E-state index >= 15 is 0 Å². The summed E-state index contributed by atoms with van der Waals surface area (Å²) in [5, 5.41) is 6.89. The number of nitrogens with zero attached hydrogens (tertiary/aromatic N) is 2. The van der Waals surface area contributed by atoms with Crippen LogP contribution in [-0.2, 0) is 39.0 Å². The highest BCUT2D eigenvalue weighted by molar-refractivity contribution is 7.88. The van der Waals surface area contributed by atoms with Crippen LogP contribution in [0.4, 0.5) is 4.39 Å². The second-order valence-corrected chi connectivity index (χ2v) is 13.6. The number of carbonyl (C=O) groups is 2. The molecular formula is C32H37ClFN5O4S. The molecule has 3 aromatic carbocycles. The predicted octanol–water partition coefficient (Wildman–Crippen LogP) is 2.66. The van der Waals surface area contributed by atoms with Crippen LogP contribution in [0.2, 0.25) is 5.02 Å². The summed E-state index contributed by atoms with van der Waals surface area (Å²) in [6.07, 6.45) is 1.89. The van der Waals surface area contributed by atoms with E-state index in [-0.39, 0.29) is 18.4 Å². The number of carbonyl (C=O) groups excluding carboxylic acids is 2. The third-order valence-electron chi connectivity index (χ3n) is 8.24. The lowest BCUT2D eigenvalue weighted by Gasteiger charge is -2.40. The molecule has 9 nitrogen and oxygen atoms in total. The fourth-order valence-electron chi connectivity index (χ4n) is 5.85. The highest BCUT2D eigenvalue weighted by Gasteiger charge is 2.34. The minimum atomic E-state index is -3.50. The number of amides is 2. The first-order chi connectivity index (χ1) is 21.1. The SMILES string of the molecule is CS(=O)(=O)NCC(c1ccccc1F)N1CCN(C(=O)C(Cc2ccc(Cl)cc2)NC(=O)C2Cc3ccccc3CN2)CC1. The van der Waals surface area contributed by atoms with Crippen molar-refractivity contribution in [2.45, 2.75) is 37.5 Å². The number of piperazine rings is 1. The maximum atomic E-state index is 14.8. The van der Waals surface area contributed by atoms with Crippen LogP contribution in [0, 0.1) is 5.82 Å². The lowest BCUT2D eigenvalue weighted by Crippen LogP contribution is -2.58. The van der Waals surface area contributed by atoms with Crippen LogP contribution < -0.4 is 15.4 Å². The van der Waals surface area contributed by atoms with Crippen LogP contribution in [0.3, 0.4) is 0 Å². The van der Waals surface area contributed by atoms with Gasteiger partial charge in [-0.3, -0.25) is 14.5 Å². The topological polar surface area (TPSA) is 111 Å². The van der Waals surface area contributed by atoms with E-state index < -0.39 is 34.0 Å². The molecule has 0 aliphatic carbocycles. The summed E-state index contributed by atoms with van der Waals surface area (Å²) in [5.74, 6) is -0.867. The van der Waals surface area contributed by atoms with Crippen LogP contribution in [0.15, 0.2) is 72.8 Å². The number of halogens is 2. The monoisotopic (exact) mass is 641 g/mol. The van der Waals surface area contributed by atoms with Gasteiger partial charge in [0, 0.05) is 56.3 Å². The van der Waals surface area contributed by atoms with E-state index in [4.69, 9.17) is 11.6 Å². The van der Waals surface area contributed by atoms with Gasteiger partial charge in [0.05, 0.1) is 18.3 Å². The van der Waals surface area contributed by atoms with E-state index in [0.29, 0.717) is 56.2 Å². The molecule has 0 aromatic heterocycles. The summed E-state index contributed by atoms with van der Waals surface area (Å²) >= 11 is 6.08. The first-order valence-electron chi connectivity index (χ1n) is 14.6.